The molecule has 0 radical (unpaired) electrons. The quantitative estimate of drug-likeness (QED) is 0.582. The molecule has 2 heteroatoms. The number of halogens is 2. The Labute approximate surface area is 63.9 Å². The summed E-state index contributed by atoms with van der Waals surface area (Å²) in [5.74, 6) is -0.490. The van der Waals surface area contributed by atoms with E-state index in [9.17, 15) is 8.78 Å². The van der Waals surface area contributed by atoms with Crippen molar-refractivity contribution >= 4 is 0 Å². The highest BCUT2D eigenvalue weighted by Gasteiger charge is 2.53. The van der Waals surface area contributed by atoms with E-state index in [1.54, 1.807) is 24.3 Å². The second-order valence-corrected chi connectivity index (χ2v) is 2.83. The Morgan fingerprint density at radius 3 is 1.91 bits per heavy atom. The molecule has 11 heavy (non-hydrogen) atoms. The Balaban J connectivity index is 2.20. The molecule has 0 heterocycles. The van der Waals surface area contributed by atoms with Crippen LogP contribution in [0.4, 0.5) is 8.78 Å². The first kappa shape index (κ1) is 6.77. The lowest BCUT2D eigenvalue weighted by Gasteiger charge is -1.93. The molecule has 1 fully saturated rings. The third-order valence-corrected chi connectivity index (χ3v) is 2.03. The molecule has 1 aromatic rings. The topological polar surface area (TPSA) is 0 Å². The van der Waals surface area contributed by atoms with E-state index in [1.807, 2.05) is 6.07 Å². The molecule has 1 saturated carbocycles. The number of hydrogen-bond donors (Lipinski definition) is 0. The molecule has 1 aromatic carbocycles. The minimum atomic E-state index is -1.27. The molecule has 2 unspecified atom stereocenters. The summed E-state index contributed by atoms with van der Waals surface area (Å²) in [4.78, 5) is 0. The maximum absolute atomic E-state index is 12.5. The van der Waals surface area contributed by atoms with Crippen molar-refractivity contribution < 1.29 is 8.78 Å². The van der Waals surface area contributed by atoms with Crippen LogP contribution in [0.2, 0.25) is 0 Å². The predicted molar refractivity (Wildman–Crippen MR) is 39.0 cm³/mol. The minimum Gasteiger partial charge on any atom is -0.243 e. The maximum Gasteiger partial charge on any atom is 0.142 e. The second-order valence-electron chi connectivity index (χ2n) is 2.83. The number of rotatable bonds is 1. The second kappa shape index (κ2) is 2.29. The molecule has 0 amide bonds. The largest absolute Gasteiger partial charge is 0.243 e. The zero-order valence-electron chi connectivity index (χ0n) is 5.87. The molecule has 0 bridgehead atoms. The standard InChI is InChI=1S/C9H8F2/c10-8-7(9(8)11)6-4-2-1-3-5-6/h1-5,7-9H. The molecule has 2 atom stereocenters. The van der Waals surface area contributed by atoms with Crippen molar-refractivity contribution in [2.45, 2.75) is 18.3 Å². The van der Waals surface area contributed by atoms with Gasteiger partial charge in [-0.2, -0.15) is 0 Å². The molecule has 0 saturated heterocycles. The molecule has 2 rings (SSSR count). The SMILES string of the molecule is FC1C(F)C1c1ccccc1. The van der Waals surface area contributed by atoms with E-state index in [-0.39, 0.29) is 0 Å². The molecule has 0 nitrogen and oxygen atoms in total. The minimum absolute atomic E-state index is 0.490. The molecule has 58 valence electrons. The lowest BCUT2D eigenvalue weighted by atomic mass is 10.1. The first-order chi connectivity index (χ1) is 5.30. The van der Waals surface area contributed by atoms with Crippen LogP contribution in [0.1, 0.15) is 11.5 Å². The number of benzene rings is 1. The Kier molecular flexibility index (Phi) is 1.41. The van der Waals surface area contributed by atoms with Gasteiger partial charge in [0.05, 0.1) is 5.92 Å². The molecule has 0 aromatic heterocycles. The average molecular weight is 154 g/mol. The van der Waals surface area contributed by atoms with E-state index in [1.165, 1.54) is 0 Å². The van der Waals surface area contributed by atoms with Gasteiger partial charge in [-0.25, -0.2) is 8.78 Å². The summed E-state index contributed by atoms with van der Waals surface area (Å²) in [5, 5.41) is 0. The summed E-state index contributed by atoms with van der Waals surface area (Å²) in [7, 11) is 0. The van der Waals surface area contributed by atoms with Crippen LogP contribution < -0.4 is 0 Å². The predicted octanol–water partition coefficient (Wildman–Crippen LogP) is 2.46. The Morgan fingerprint density at radius 1 is 0.909 bits per heavy atom. The van der Waals surface area contributed by atoms with Gasteiger partial charge in [-0.15, -0.1) is 0 Å². The van der Waals surface area contributed by atoms with E-state index in [0.29, 0.717) is 0 Å². The summed E-state index contributed by atoms with van der Waals surface area (Å²) in [5.41, 5.74) is 0.771. The summed E-state index contributed by atoms with van der Waals surface area (Å²) in [6, 6.07) is 8.96. The molecular weight excluding hydrogens is 146 g/mol. The smallest absolute Gasteiger partial charge is 0.142 e. The van der Waals surface area contributed by atoms with Crippen molar-refractivity contribution in [3.05, 3.63) is 35.9 Å². The van der Waals surface area contributed by atoms with E-state index >= 15 is 0 Å². The summed E-state index contributed by atoms with van der Waals surface area (Å²) in [6.45, 7) is 0. The number of alkyl halides is 2. The molecular formula is C9H8F2. The molecule has 0 aliphatic heterocycles. The van der Waals surface area contributed by atoms with Gasteiger partial charge in [0, 0.05) is 0 Å². The summed E-state index contributed by atoms with van der Waals surface area (Å²) < 4.78 is 25.0. The van der Waals surface area contributed by atoms with E-state index in [2.05, 4.69) is 0 Å². The van der Waals surface area contributed by atoms with Gasteiger partial charge in [-0.3, -0.25) is 0 Å². The molecule has 0 spiro atoms. The Hall–Kier alpha value is -0.920. The monoisotopic (exact) mass is 154 g/mol. The van der Waals surface area contributed by atoms with Crippen LogP contribution >= 0.6 is 0 Å². The molecule has 0 N–H and O–H groups in total. The molecule has 1 aliphatic rings. The van der Waals surface area contributed by atoms with Crippen LogP contribution in [0.3, 0.4) is 0 Å². The first-order valence-electron chi connectivity index (χ1n) is 3.64. The normalized spacial score (nSPS) is 35.3. The van der Waals surface area contributed by atoms with Gasteiger partial charge in [0.1, 0.15) is 12.3 Å². The number of hydrogen-bond acceptors (Lipinski definition) is 0. The van der Waals surface area contributed by atoms with Crippen molar-refractivity contribution in [1.29, 1.82) is 0 Å². The zero-order chi connectivity index (χ0) is 7.84. The van der Waals surface area contributed by atoms with Crippen LogP contribution in [0.25, 0.3) is 0 Å². The first-order valence-corrected chi connectivity index (χ1v) is 3.64. The van der Waals surface area contributed by atoms with Crippen LogP contribution in [0.5, 0.6) is 0 Å². The van der Waals surface area contributed by atoms with Crippen LogP contribution in [-0.4, -0.2) is 12.3 Å². The van der Waals surface area contributed by atoms with Crippen molar-refractivity contribution in [3.63, 3.8) is 0 Å². The highest BCUT2D eigenvalue weighted by atomic mass is 19.2. The van der Waals surface area contributed by atoms with Crippen LogP contribution in [-0.2, 0) is 0 Å². The fourth-order valence-electron chi connectivity index (χ4n) is 1.28. The fourth-order valence-corrected chi connectivity index (χ4v) is 1.28. The Morgan fingerprint density at radius 2 is 1.45 bits per heavy atom. The fraction of sp³-hybridized carbons (Fsp3) is 0.333. The van der Waals surface area contributed by atoms with Crippen molar-refractivity contribution in [2.75, 3.05) is 0 Å². The Bertz CT molecular complexity index is 237. The van der Waals surface area contributed by atoms with Crippen molar-refractivity contribution in [3.8, 4) is 0 Å². The highest BCUT2D eigenvalue weighted by molar-refractivity contribution is 5.30. The van der Waals surface area contributed by atoms with Gasteiger partial charge in [0.25, 0.3) is 0 Å². The van der Waals surface area contributed by atoms with Crippen LogP contribution in [0.15, 0.2) is 30.3 Å². The van der Waals surface area contributed by atoms with E-state index in [0.717, 1.165) is 5.56 Å². The van der Waals surface area contributed by atoms with Gasteiger partial charge >= 0.3 is 0 Å². The highest BCUT2D eigenvalue weighted by Crippen LogP contribution is 2.46. The zero-order valence-corrected chi connectivity index (χ0v) is 5.87. The lowest BCUT2D eigenvalue weighted by molar-refractivity contribution is 0.372. The third kappa shape index (κ3) is 1.02. The average Bonchev–Trinajstić information content (AvgIpc) is 2.62. The van der Waals surface area contributed by atoms with E-state index in [4.69, 9.17) is 0 Å². The van der Waals surface area contributed by atoms with Gasteiger partial charge in [-0.1, -0.05) is 30.3 Å². The molecule has 1 aliphatic carbocycles. The lowest BCUT2D eigenvalue weighted by Crippen LogP contribution is -1.80. The maximum atomic E-state index is 12.5. The van der Waals surface area contributed by atoms with E-state index < -0.39 is 18.3 Å². The van der Waals surface area contributed by atoms with Crippen LogP contribution in [0, 0.1) is 0 Å². The third-order valence-electron chi connectivity index (χ3n) is 2.03. The summed E-state index contributed by atoms with van der Waals surface area (Å²) >= 11 is 0. The van der Waals surface area contributed by atoms with Crippen molar-refractivity contribution in [1.82, 2.24) is 0 Å². The van der Waals surface area contributed by atoms with Gasteiger partial charge < -0.3 is 0 Å². The summed E-state index contributed by atoms with van der Waals surface area (Å²) in [6.07, 6.45) is -2.53. The van der Waals surface area contributed by atoms with Gasteiger partial charge in [0.15, 0.2) is 0 Å². The van der Waals surface area contributed by atoms with Gasteiger partial charge in [0.2, 0.25) is 0 Å². The van der Waals surface area contributed by atoms with Gasteiger partial charge in [-0.05, 0) is 5.56 Å². The van der Waals surface area contributed by atoms with Crippen molar-refractivity contribution in [2.24, 2.45) is 0 Å².